The van der Waals surface area contributed by atoms with E-state index in [0.717, 1.165) is 5.56 Å². The highest BCUT2D eigenvalue weighted by Gasteiger charge is 2.16. The first-order valence-corrected chi connectivity index (χ1v) is 9.74. The van der Waals surface area contributed by atoms with Gasteiger partial charge in [-0.2, -0.15) is 5.26 Å². The van der Waals surface area contributed by atoms with Gasteiger partial charge < -0.3 is 15.0 Å². The normalized spacial score (nSPS) is 9.97. The van der Waals surface area contributed by atoms with Crippen LogP contribution in [0.3, 0.4) is 0 Å². The van der Waals surface area contributed by atoms with E-state index < -0.39 is 18.5 Å². The smallest absolute Gasteiger partial charge is 0.339 e. The fraction of sp³-hybridized carbons (Fsp3) is 0.238. The first-order chi connectivity index (χ1) is 13.9. The molecule has 8 heteroatoms. The topological polar surface area (TPSA) is 99.5 Å². The fourth-order valence-electron chi connectivity index (χ4n) is 2.23. The minimum atomic E-state index is -0.634. The number of carbonyl (C=O) groups is 3. The monoisotopic (exact) mass is 411 g/mol. The Hall–Kier alpha value is -3.31. The molecule has 0 saturated carbocycles. The van der Waals surface area contributed by atoms with Crippen LogP contribution in [0.2, 0.25) is 0 Å². The molecule has 150 valence electrons. The summed E-state index contributed by atoms with van der Waals surface area (Å²) in [5, 5.41) is 11.3. The number of anilines is 1. The number of hydrogen-bond donors (Lipinski definition) is 1. The number of benzene rings is 2. The highest BCUT2D eigenvalue weighted by Crippen LogP contribution is 2.23. The number of thioether (sulfide) groups is 1. The minimum absolute atomic E-state index is 0.0710. The summed E-state index contributed by atoms with van der Waals surface area (Å²) in [6.45, 7) is -0.436. The van der Waals surface area contributed by atoms with Crippen LogP contribution >= 0.6 is 11.8 Å². The summed E-state index contributed by atoms with van der Waals surface area (Å²) in [7, 11) is 3.33. The largest absolute Gasteiger partial charge is 0.452 e. The lowest BCUT2D eigenvalue weighted by atomic mass is 10.1. The van der Waals surface area contributed by atoms with Gasteiger partial charge in [-0.05, 0) is 29.8 Å². The van der Waals surface area contributed by atoms with Gasteiger partial charge in [0.2, 0.25) is 5.91 Å². The lowest BCUT2D eigenvalue weighted by molar-refractivity contribution is -0.125. The van der Waals surface area contributed by atoms with Crippen LogP contribution in [0.1, 0.15) is 15.9 Å². The molecule has 0 aliphatic heterocycles. The Morgan fingerprint density at radius 3 is 2.45 bits per heavy atom. The average Bonchev–Trinajstić information content (AvgIpc) is 2.72. The van der Waals surface area contributed by atoms with Gasteiger partial charge in [0.05, 0.1) is 23.8 Å². The van der Waals surface area contributed by atoms with Crippen LogP contribution in [0.4, 0.5) is 5.69 Å². The van der Waals surface area contributed by atoms with E-state index in [-0.39, 0.29) is 11.7 Å². The Kier molecular flexibility index (Phi) is 8.25. The summed E-state index contributed by atoms with van der Waals surface area (Å²) in [5.41, 5.74) is 1.70. The molecule has 0 heterocycles. The number of amides is 2. The lowest BCUT2D eigenvalue weighted by Gasteiger charge is -2.12. The minimum Gasteiger partial charge on any atom is -0.452 e. The highest BCUT2D eigenvalue weighted by molar-refractivity contribution is 8.00. The number of nitrogens with one attached hydrogen (secondary N) is 1. The van der Waals surface area contributed by atoms with E-state index in [4.69, 9.17) is 10.00 Å². The Morgan fingerprint density at radius 2 is 1.79 bits per heavy atom. The van der Waals surface area contributed by atoms with E-state index in [0.29, 0.717) is 22.6 Å². The number of nitrogens with zero attached hydrogens (tertiary/aromatic N) is 2. The first-order valence-electron chi connectivity index (χ1n) is 8.75. The van der Waals surface area contributed by atoms with Crippen molar-refractivity contribution in [3.05, 3.63) is 59.7 Å². The molecule has 0 fully saturated rings. The summed E-state index contributed by atoms with van der Waals surface area (Å²) in [4.78, 5) is 38.3. The number of ether oxygens (including phenoxy) is 1. The summed E-state index contributed by atoms with van der Waals surface area (Å²) in [6, 6.07) is 15.7. The quantitative estimate of drug-likeness (QED) is 0.530. The standard InChI is InChI=1S/C21H21N3O4S/c1-24(2)20(26)14-29-18-6-4-3-5-17(18)21(27)28-13-19(25)23-16-9-7-15(8-10-16)11-12-22/h3-10H,11,13-14H2,1-2H3,(H,23,25). The van der Waals surface area contributed by atoms with Gasteiger partial charge in [0.25, 0.3) is 5.91 Å². The Labute approximate surface area is 173 Å². The molecule has 0 radical (unpaired) electrons. The molecule has 0 saturated heterocycles. The summed E-state index contributed by atoms with van der Waals surface area (Å²) in [5.74, 6) is -0.984. The van der Waals surface area contributed by atoms with Gasteiger partial charge in [-0.15, -0.1) is 11.8 Å². The molecule has 0 aliphatic rings. The van der Waals surface area contributed by atoms with Crippen molar-refractivity contribution < 1.29 is 19.1 Å². The van der Waals surface area contributed by atoms with E-state index in [9.17, 15) is 14.4 Å². The number of esters is 1. The molecule has 0 aliphatic carbocycles. The maximum Gasteiger partial charge on any atom is 0.339 e. The molecule has 2 amide bonds. The molecule has 0 unspecified atom stereocenters. The second-order valence-corrected chi connectivity index (χ2v) is 7.25. The van der Waals surface area contributed by atoms with Gasteiger partial charge in [0, 0.05) is 24.7 Å². The Bertz CT molecular complexity index is 920. The molecular weight excluding hydrogens is 390 g/mol. The zero-order chi connectivity index (χ0) is 21.2. The van der Waals surface area contributed by atoms with Gasteiger partial charge in [-0.3, -0.25) is 9.59 Å². The fourth-order valence-corrected chi connectivity index (χ4v) is 3.25. The number of carbonyl (C=O) groups excluding carboxylic acids is 3. The van der Waals surface area contributed by atoms with Gasteiger partial charge >= 0.3 is 5.97 Å². The SMILES string of the molecule is CN(C)C(=O)CSc1ccccc1C(=O)OCC(=O)Nc1ccc(CC#N)cc1. The van der Waals surface area contributed by atoms with Crippen molar-refractivity contribution in [3.63, 3.8) is 0 Å². The molecule has 2 rings (SSSR count). The Morgan fingerprint density at radius 1 is 1.10 bits per heavy atom. The molecule has 29 heavy (non-hydrogen) atoms. The van der Waals surface area contributed by atoms with Gasteiger partial charge in [-0.25, -0.2) is 4.79 Å². The van der Waals surface area contributed by atoms with Crippen molar-refractivity contribution in [2.75, 3.05) is 31.8 Å². The maximum atomic E-state index is 12.4. The molecular formula is C21H21N3O4S. The maximum absolute atomic E-state index is 12.4. The molecule has 2 aromatic carbocycles. The molecule has 0 bridgehead atoms. The summed E-state index contributed by atoms with van der Waals surface area (Å²) in [6.07, 6.45) is 0.295. The zero-order valence-electron chi connectivity index (χ0n) is 16.2. The summed E-state index contributed by atoms with van der Waals surface area (Å²) < 4.78 is 5.12. The van der Waals surface area contributed by atoms with Crippen molar-refractivity contribution in [2.24, 2.45) is 0 Å². The number of hydrogen-bond acceptors (Lipinski definition) is 6. The lowest BCUT2D eigenvalue weighted by Crippen LogP contribution is -2.23. The molecule has 1 N–H and O–H groups in total. The van der Waals surface area contributed by atoms with Gasteiger partial charge in [-0.1, -0.05) is 24.3 Å². The van der Waals surface area contributed by atoms with E-state index in [1.807, 2.05) is 0 Å². The van der Waals surface area contributed by atoms with Crippen LogP contribution in [0.25, 0.3) is 0 Å². The van der Waals surface area contributed by atoms with E-state index in [1.165, 1.54) is 16.7 Å². The van der Waals surface area contributed by atoms with Gasteiger partial charge in [0.1, 0.15) is 0 Å². The van der Waals surface area contributed by atoms with Crippen LogP contribution in [-0.4, -0.2) is 49.1 Å². The predicted molar refractivity (Wildman–Crippen MR) is 111 cm³/mol. The van der Waals surface area contributed by atoms with Crippen LogP contribution in [0.15, 0.2) is 53.4 Å². The third-order valence-electron chi connectivity index (χ3n) is 3.81. The van der Waals surface area contributed by atoms with Crippen LogP contribution in [0, 0.1) is 11.3 Å². The third kappa shape index (κ3) is 6.97. The zero-order valence-corrected chi connectivity index (χ0v) is 17.0. The van der Waals surface area contributed by atoms with Crippen molar-refractivity contribution in [3.8, 4) is 6.07 Å². The predicted octanol–water partition coefficient (Wildman–Crippen LogP) is 2.73. The summed E-state index contributed by atoms with van der Waals surface area (Å²) >= 11 is 1.24. The molecule has 0 spiro atoms. The average molecular weight is 411 g/mol. The van der Waals surface area contributed by atoms with Crippen LogP contribution in [0.5, 0.6) is 0 Å². The van der Waals surface area contributed by atoms with Crippen molar-refractivity contribution in [1.82, 2.24) is 4.90 Å². The Balaban J connectivity index is 1.91. The van der Waals surface area contributed by atoms with Gasteiger partial charge in [0.15, 0.2) is 6.61 Å². The number of rotatable bonds is 8. The van der Waals surface area contributed by atoms with Crippen LogP contribution in [-0.2, 0) is 20.7 Å². The van der Waals surface area contributed by atoms with Crippen molar-refractivity contribution >= 4 is 35.2 Å². The first kappa shape index (κ1) is 22.0. The molecule has 0 atom stereocenters. The van der Waals surface area contributed by atoms with Crippen molar-refractivity contribution in [1.29, 1.82) is 5.26 Å². The number of nitriles is 1. The van der Waals surface area contributed by atoms with E-state index in [1.54, 1.807) is 62.6 Å². The third-order valence-corrected chi connectivity index (χ3v) is 4.87. The molecule has 0 aromatic heterocycles. The second-order valence-electron chi connectivity index (χ2n) is 6.23. The molecule has 7 nitrogen and oxygen atoms in total. The second kappa shape index (κ2) is 10.9. The van der Waals surface area contributed by atoms with Crippen LogP contribution < -0.4 is 5.32 Å². The van der Waals surface area contributed by atoms with Crippen molar-refractivity contribution in [2.45, 2.75) is 11.3 Å². The van der Waals surface area contributed by atoms with E-state index >= 15 is 0 Å². The highest BCUT2D eigenvalue weighted by atomic mass is 32.2. The van der Waals surface area contributed by atoms with E-state index in [2.05, 4.69) is 11.4 Å². The molecule has 2 aromatic rings.